The summed E-state index contributed by atoms with van der Waals surface area (Å²) in [5.74, 6) is -0.358. The predicted molar refractivity (Wildman–Crippen MR) is 93.8 cm³/mol. The maximum absolute atomic E-state index is 14.6. The number of nitrogens with zero attached hydrogens (tertiary/aromatic N) is 1. The van der Waals surface area contributed by atoms with E-state index in [2.05, 4.69) is 15.9 Å². The molecule has 110 valence electrons. The highest BCUT2D eigenvalue weighted by Crippen LogP contribution is 2.33. The maximum atomic E-state index is 14.6. The second-order valence-corrected chi connectivity index (χ2v) is 5.94. The van der Waals surface area contributed by atoms with Gasteiger partial charge in [0.25, 0.3) is 0 Å². The molecule has 0 radical (unpaired) electrons. The van der Waals surface area contributed by atoms with Crippen molar-refractivity contribution in [2.75, 3.05) is 11.4 Å². The minimum absolute atomic E-state index is 0.172. The molecule has 0 saturated carbocycles. The van der Waals surface area contributed by atoms with E-state index in [1.54, 1.807) is 12.1 Å². The van der Waals surface area contributed by atoms with Crippen LogP contribution in [0.5, 0.6) is 0 Å². The summed E-state index contributed by atoms with van der Waals surface area (Å²) in [6, 6.07) is 11.4. The number of thiocarbonyl (C=S) groups is 1. The van der Waals surface area contributed by atoms with Gasteiger partial charge in [0.1, 0.15) is 4.99 Å². The Hall–Kier alpha value is -1.46. The van der Waals surface area contributed by atoms with Gasteiger partial charge >= 0.3 is 0 Å². The van der Waals surface area contributed by atoms with E-state index in [1.807, 2.05) is 43.0 Å². The zero-order chi connectivity index (χ0) is 15.6. The SMILES string of the molecule is CCN(c1cccc(C)c1)c1ccc(C(N)=S)c(Br)c1F. The molecule has 2 aromatic carbocycles. The van der Waals surface area contributed by atoms with Gasteiger partial charge in [0.05, 0.1) is 10.2 Å². The summed E-state index contributed by atoms with van der Waals surface area (Å²) in [4.78, 5) is 2.09. The molecule has 0 unspecified atom stereocenters. The van der Waals surface area contributed by atoms with E-state index in [0.29, 0.717) is 22.3 Å². The fourth-order valence-electron chi connectivity index (χ4n) is 2.23. The molecule has 0 spiro atoms. The molecule has 0 aliphatic carbocycles. The molecule has 0 heterocycles. The van der Waals surface area contributed by atoms with Crippen molar-refractivity contribution in [3.8, 4) is 0 Å². The first-order valence-corrected chi connectivity index (χ1v) is 7.77. The molecule has 0 aliphatic heterocycles. The number of rotatable bonds is 4. The van der Waals surface area contributed by atoms with Gasteiger partial charge in [-0.05, 0) is 59.6 Å². The van der Waals surface area contributed by atoms with Crippen LogP contribution in [0.25, 0.3) is 0 Å². The van der Waals surface area contributed by atoms with Crippen LogP contribution < -0.4 is 10.6 Å². The third-order valence-corrected chi connectivity index (χ3v) is 4.24. The lowest BCUT2D eigenvalue weighted by molar-refractivity contribution is 0.619. The monoisotopic (exact) mass is 366 g/mol. The number of halogens is 2. The minimum atomic E-state index is -0.358. The van der Waals surface area contributed by atoms with Gasteiger partial charge in [-0.25, -0.2) is 4.39 Å². The first kappa shape index (κ1) is 15.9. The normalized spacial score (nSPS) is 10.5. The summed E-state index contributed by atoms with van der Waals surface area (Å²) >= 11 is 8.17. The van der Waals surface area contributed by atoms with Crippen molar-refractivity contribution in [1.29, 1.82) is 0 Å². The number of hydrogen-bond donors (Lipinski definition) is 1. The number of aryl methyl sites for hydroxylation is 1. The van der Waals surface area contributed by atoms with E-state index in [-0.39, 0.29) is 10.8 Å². The molecule has 0 atom stereocenters. The van der Waals surface area contributed by atoms with Crippen LogP contribution in [0.3, 0.4) is 0 Å². The molecule has 0 aromatic heterocycles. The Bertz CT molecular complexity index is 688. The smallest absolute Gasteiger partial charge is 0.161 e. The van der Waals surface area contributed by atoms with E-state index in [9.17, 15) is 4.39 Å². The number of benzene rings is 2. The summed E-state index contributed by atoms with van der Waals surface area (Å²) in [5, 5.41) is 0. The topological polar surface area (TPSA) is 29.3 Å². The van der Waals surface area contributed by atoms with E-state index in [4.69, 9.17) is 18.0 Å². The predicted octanol–water partition coefficient (Wildman–Crippen LogP) is 4.69. The average molecular weight is 367 g/mol. The van der Waals surface area contributed by atoms with Gasteiger partial charge in [0, 0.05) is 17.8 Å². The van der Waals surface area contributed by atoms with E-state index in [0.717, 1.165) is 11.3 Å². The Kier molecular flexibility index (Phi) is 4.96. The van der Waals surface area contributed by atoms with Gasteiger partial charge in [-0.15, -0.1) is 0 Å². The lowest BCUT2D eigenvalue weighted by Crippen LogP contribution is -2.19. The van der Waals surface area contributed by atoms with Gasteiger partial charge in [-0.1, -0.05) is 24.4 Å². The van der Waals surface area contributed by atoms with Crippen LogP contribution in [-0.4, -0.2) is 11.5 Å². The van der Waals surface area contributed by atoms with Crippen LogP contribution >= 0.6 is 28.1 Å². The van der Waals surface area contributed by atoms with Gasteiger partial charge < -0.3 is 10.6 Å². The third kappa shape index (κ3) is 3.24. The molecule has 0 bridgehead atoms. The second kappa shape index (κ2) is 6.54. The van der Waals surface area contributed by atoms with Crippen molar-refractivity contribution >= 4 is 44.5 Å². The summed E-state index contributed by atoms with van der Waals surface area (Å²) in [6.07, 6.45) is 0. The molecule has 5 heteroatoms. The van der Waals surface area contributed by atoms with Crippen molar-refractivity contribution in [2.45, 2.75) is 13.8 Å². The second-order valence-electron chi connectivity index (χ2n) is 4.71. The first-order chi connectivity index (χ1) is 9.95. The van der Waals surface area contributed by atoms with Crippen LogP contribution in [0.1, 0.15) is 18.1 Å². The molecular formula is C16H16BrFN2S. The lowest BCUT2D eigenvalue weighted by Gasteiger charge is -2.25. The molecule has 0 saturated heterocycles. The number of hydrogen-bond acceptors (Lipinski definition) is 2. The van der Waals surface area contributed by atoms with Crippen LogP contribution in [0.2, 0.25) is 0 Å². The largest absolute Gasteiger partial charge is 0.389 e. The maximum Gasteiger partial charge on any atom is 0.161 e. The Morgan fingerprint density at radius 2 is 2.05 bits per heavy atom. The highest BCUT2D eigenvalue weighted by atomic mass is 79.9. The van der Waals surface area contributed by atoms with Crippen molar-refractivity contribution in [1.82, 2.24) is 0 Å². The molecule has 2 nitrogen and oxygen atoms in total. The zero-order valence-electron chi connectivity index (χ0n) is 11.9. The number of nitrogens with two attached hydrogens (primary N) is 1. The van der Waals surface area contributed by atoms with Gasteiger partial charge in [0.15, 0.2) is 5.82 Å². The third-order valence-electron chi connectivity index (χ3n) is 3.25. The first-order valence-electron chi connectivity index (χ1n) is 6.57. The Balaban J connectivity index is 2.53. The van der Waals surface area contributed by atoms with Gasteiger partial charge in [0.2, 0.25) is 0 Å². The molecule has 0 fully saturated rings. The average Bonchev–Trinajstić information content (AvgIpc) is 2.44. The molecule has 0 amide bonds. The van der Waals surface area contributed by atoms with Crippen molar-refractivity contribution in [3.63, 3.8) is 0 Å². The summed E-state index contributed by atoms with van der Waals surface area (Å²) in [6.45, 7) is 4.65. The van der Waals surface area contributed by atoms with Gasteiger partial charge in [-0.2, -0.15) is 0 Å². The zero-order valence-corrected chi connectivity index (χ0v) is 14.3. The van der Waals surface area contributed by atoms with Crippen LogP contribution in [0, 0.1) is 12.7 Å². The molecule has 2 N–H and O–H groups in total. The standard InChI is InChI=1S/C16H16BrFN2S/c1-3-20(11-6-4-5-10(2)9-11)13-8-7-12(16(19)21)14(17)15(13)18/h4-9H,3H2,1-2H3,(H2,19,21). The highest BCUT2D eigenvalue weighted by Gasteiger charge is 2.18. The van der Waals surface area contributed by atoms with Gasteiger partial charge in [-0.3, -0.25) is 0 Å². The highest BCUT2D eigenvalue weighted by molar-refractivity contribution is 9.10. The van der Waals surface area contributed by atoms with Crippen molar-refractivity contribution in [3.05, 3.63) is 57.8 Å². The molecule has 0 aliphatic rings. The quantitative estimate of drug-likeness (QED) is 0.795. The Morgan fingerprint density at radius 3 is 2.62 bits per heavy atom. The summed E-state index contributed by atoms with van der Waals surface area (Å²) < 4.78 is 14.9. The fourth-order valence-corrected chi connectivity index (χ4v) is 3.08. The Labute approximate surface area is 137 Å². The fraction of sp³-hybridized carbons (Fsp3) is 0.188. The molecular weight excluding hydrogens is 351 g/mol. The van der Waals surface area contributed by atoms with Crippen LogP contribution in [-0.2, 0) is 0 Å². The Morgan fingerprint density at radius 1 is 1.33 bits per heavy atom. The molecule has 2 aromatic rings. The summed E-state index contributed by atoms with van der Waals surface area (Å²) in [5.41, 5.74) is 8.68. The summed E-state index contributed by atoms with van der Waals surface area (Å²) in [7, 11) is 0. The number of anilines is 2. The van der Waals surface area contributed by atoms with E-state index < -0.39 is 0 Å². The van der Waals surface area contributed by atoms with Crippen molar-refractivity contribution in [2.24, 2.45) is 5.73 Å². The van der Waals surface area contributed by atoms with Crippen LogP contribution in [0.4, 0.5) is 15.8 Å². The van der Waals surface area contributed by atoms with E-state index in [1.165, 1.54) is 0 Å². The van der Waals surface area contributed by atoms with Crippen molar-refractivity contribution < 1.29 is 4.39 Å². The molecule has 21 heavy (non-hydrogen) atoms. The van der Waals surface area contributed by atoms with E-state index >= 15 is 0 Å². The minimum Gasteiger partial charge on any atom is -0.389 e. The molecule has 2 rings (SSSR count). The lowest BCUT2D eigenvalue weighted by atomic mass is 10.1. The van der Waals surface area contributed by atoms with Crippen LogP contribution in [0.15, 0.2) is 40.9 Å².